The molecule has 0 radical (unpaired) electrons. The Morgan fingerprint density at radius 3 is 2.64 bits per heavy atom. The summed E-state index contributed by atoms with van der Waals surface area (Å²) in [6.07, 6.45) is 0. The number of ether oxygens (including phenoxy) is 1. The van der Waals surface area contributed by atoms with E-state index in [1.54, 1.807) is 6.07 Å². The van der Waals surface area contributed by atoms with Crippen LogP contribution in [-0.4, -0.2) is 26.8 Å². The average molecular weight is 356 g/mol. The summed E-state index contributed by atoms with van der Waals surface area (Å²) < 4.78 is 6.99. The van der Waals surface area contributed by atoms with Crippen LogP contribution in [0, 0.1) is 17.0 Å². The molecule has 2 aromatic carbocycles. The molecule has 0 bridgehead atoms. The molecule has 0 amide bonds. The predicted molar refractivity (Wildman–Crippen MR) is 95.3 cm³/mol. The van der Waals surface area contributed by atoms with Crippen molar-refractivity contribution in [2.24, 2.45) is 0 Å². The third kappa shape index (κ3) is 3.63. The highest BCUT2D eigenvalue weighted by Crippen LogP contribution is 2.31. The maximum absolute atomic E-state index is 11.1. The van der Waals surface area contributed by atoms with E-state index in [0.29, 0.717) is 5.75 Å². The van der Waals surface area contributed by atoms with Gasteiger partial charge in [-0.2, -0.15) is 0 Å². The molecule has 0 saturated heterocycles. The van der Waals surface area contributed by atoms with E-state index in [0.717, 1.165) is 22.2 Å². The van der Waals surface area contributed by atoms with Gasteiger partial charge in [-0.3, -0.25) is 14.7 Å². The largest absolute Gasteiger partial charge is 0.490 e. The standard InChI is InChI=1S/C17H16N4O3S/c1-12-18-19-17(20(12)14-6-4-3-5-7-14)25-11-13-8-9-16(24-2)15(10-13)21(22)23/h3-10H,11H2,1-2H3. The van der Waals surface area contributed by atoms with E-state index in [4.69, 9.17) is 4.74 Å². The van der Waals surface area contributed by atoms with Gasteiger partial charge in [-0.15, -0.1) is 10.2 Å². The van der Waals surface area contributed by atoms with Crippen LogP contribution >= 0.6 is 11.8 Å². The average Bonchev–Trinajstić information content (AvgIpc) is 3.01. The highest BCUT2D eigenvalue weighted by atomic mass is 32.2. The number of rotatable bonds is 6. The predicted octanol–water partition coefficient (Wildman–Crippen LogP) is 3.78. The lowest BCUT2D eigenvalue weighted by Crippen LogP contribution is -1.99. The van der Waals surface area contributed by atoms with Gasteiger partial charge >= 0.3 is 5.69 Å². The zero-order valence-electron chi connectivity index (χ0n) is 13.7. The van der Waals surface area contributed by atoms with Gasteiger partial charge in [0, 0.05) is 17.5 Å². The van der Waals surface area contributed by atoms with Crippen LogP contribution in [0.2, 0.25) is 0 Å². The maximum Gasteiger partial charge on any atom is 0.311 e. The number of methoxy groups -OCH3 is 1. The quantitative estimate of drug-likeness (QED) is 0.380. The highest BCUT2D eigenvalue weighted by molar-refractivity contribution is 7.98. The number of benzene rings is 2. The lowest BCUT2D eigenvalue weighted by Gasteiger charge is -2.08. The van der Waals surface area contributed by atoms with Crippen molar-refractivity contribution in [1.29, 1.82) is 0 Å². The van der Waals surface area contributed by atoms with Crippen LogP contribution in [0.1, 0.15) is 11.4 Å². The van der Waals surface area contributed by atoms with E-state index >= 15 is 0 Å². The summed E-state index contributed by atoms with van der Waals surface area (Å²) >= 11 is 1.48. The van der Waals surface area contributed by atoms with E-state index in [1.807, 2.05) is 47.9 Å². The first-order chi connectivity index (χ1) is 12.1. The van der Waals surface area contributed by atoms with E-state index in [2.05, 4.69) is 10.2 Å². The van der Waals surface area contributed by atoms with E-state index in [1.165, 1.54) is 24.9 Å². The Morgan fingerprint density at radius 1 is 1.20 bits per heavy atom. The molecule has 0 fully saturated rings. The number of hydrogen-bond donors (Lipinski definition) is 0. The Hall–Kier alpha value is -2.87. The number of aryl methyl sites for hydroxylation is 1. The zero-order chi connectivity index (χ0) is 17.8. The Kier molecular flexibility index (Phi) is 4.99. The van der Waals surface area contributed by atoms with Crippen LogP contribution in [0.4, 0.5) is 5.69 Å². The van der Waals surface area contributed by atoms with Crippen LogP contribution in [0.5, 0.6) is 5.75 Å². The van der Waals surface area contributed by atoms with Gasteiger partial charge in [0.15, 0.2) is 10.9 Å². The Labute approximate surface area is 148 Å². The molecule has 0 N–H and O–H groups in total. The molecule has 3 rings (SSSR count). The Bertz CT molecular complexity index is 896. The third-order valence-electron chi connectivity index (χ3n) is 3.62. The third-order valence-corrected chi connectivity index (χ3v) is 4.62. The summed E-state index contributed by atoms with van der Waals surface area (Å²) in [4.78, 5) is 10.7. The van der Waals surface area contributed by atoms with Crippen LogP contribution in [-0.2, 0) is 5.75 Å². The summed E-state index contributed by atoms with van der Waals surface area (Å²) in [5.74, 6) is 1.58. The van der Waals surface area contributed by atoms with Gasteiger partial charge in [0.05, 0.1) is 12.0 Å². The molecule has 0 aliphatic carbocycles. The zero-order valence-corrected chi connectivity index (χ0v) is 14.6. The molecule has 1 aromatic heterocycles. The fraction of sp³-hybridized carbons (Fsp3) is 0.176. The van der Waals surface area contributed by atoms with Crippen LogP contribution in [0.15, 0.2) is 53.7 Å². The lowest BCUT2D eigenvalue weighted by atomic mass is 10.2. The molecule has 1 heterocycles. The van der Waals surface area contributed by atoms with Gasteiger partial charge in [0.25, 0.3) is 0 Å². The molecule has 128 valence electrons. The van der Waals surface area contributed by atoms with E-state index < -0.39 is 4.92 Å². The molecular weight excluding hydrogens is 340 g/mol. The first kappa shape index (κ1) is 17.0. The van der Waals surface area contributed by atoms with Crippen molar-refractivity contribution in [3.63, 3.8) is 0 Å². The van der Waals surface area contributed by atoms with Crippen molar-refractivity contribution >= 4 is 17.4 Å². The highest BCUT2D eigenvalue weighted by Gasteiger charge is 2.16. The first-order valence-corrected chi connectivity index (χ1v) is 8.50. The first-order valence-electron chi connectivity index (χ1n) is 7.51. The van der Waals surface area contributed by atoms with Gasteiger partial charge in [-0.25, -0.2) is 0 Å². The maximum atomic E-state index is 11.1. The fourth-order valence-corrected chi connectivity index (χ4v) is 3.37. The van der Waals surface area contributed by atoms with Gasteiger partial charge in [0.1, 0.15) is 5.82 Å². The van der Waals surface area contributed by atoms with Gasteiger partial charge in [-0.05, 0) is 30.7 Å². The molecule has 7 nitrogen and oxygen atoms in total. The lowest BCUT2D eigenvalue weighted by molar-refractivity contribution is -0.385. The number of hydrogen-bond acceptors (Lipinski definition) is 6. The Balaban J connectivity index is 1.84. The number of nitro benzene ring substituents is 1. The van der Waals surface area contributed by atoms with Crippen molar-refractivity contribution in [2.75, 3.05) is 7.11 Å². The smallest absolute Gasteiger partial charge is 0.311 e. The molecule has 0 aliphatic heterocycles. The minimum atomic E-state index is -0.441. The number of nitro groups is 1. The fourth-order valence-electron chi connectivity index (χ4n) is 2.43. The molecule has 0 spiro atoms. The molecule has 25 heavy (non-hydrogen) atoms. The summed E-state index contributed by atoms with van der Waals surface area (Å²) in [5.41, 5.74) is 1.76. The summed E-state index contributed by atoms with van der Waals surface area (Å²) in [5, 5.41) is 20.2. The number of nitrogens with zero attached hydrogens (tertiary/aromatic N) is 4. The molecule has 3 aromatic rings. The Morgan fingerprint density at radius 2 is 1.96 bits per heavy atom. The second-order valence-electron chi connectivity index (χ2n) is 5.25. The van der Waals surface area contributed by atoms with Crippen LogP contribution < -0.4 is 4.74 Å². The SMILES string of the molecule is COc1ccc(CSc2nnc(C)n2-c2ccccc2)cc1[N+](=O)[O-]. The summed E-state index contributed by atoms with van der Waals surface area (Å²) in [6, 6.07) is 14.8. The molecular formula is C17H16N4O3S. The van der Waals surface area contributed by atoms with Crippen LogP contribution in [0.3, 0.4) is 0 Å². The number of thioether (sulfide) groups is 1. The number of aromatic nitrogens is 3. The topological polar surface area (TPSA) is 83.1 Å². The molecule has 0 saturated carbocycles. The normalized spacial score (nSPS) is 10.6. The monoisotopic (exact) mass is 356 g/mol. The number of para-hydroxylation sites is 1. The van der Waals surface area contributed by atoms with Crippen molar-refractivity contribution in [3.05, 3.63) is 70.0 Å². The molecule has 0 atom stereocenters. The molecule has 8 heteroatoms. The van der Waals surface area contributed by atoms with E-state index in [9.17, 15) is 10.1 Å². The van der Waals surface area contributed by atoms with Crippen molar-refractivity contribution in [3.8, 4) is 11.4 Å². The minimum absolute atomic E-state index is 0.0405. The van der Waals surface area contributed by atoms with Gasteiger partial charge in [0.2, 0.25) is 0 Å². The minimum Gasteiger partial charge on any atom is -0.490 e. The molecule has 0 aliphatic rings. The van der Waals surface area contributed by atoms with Crippen molar-refractivity contribution < 1.29 is 9.66 Å². The van der Waals surface area contributed by atoms with Crippen molar-refractivity contribution in [1.82, 2.24) is 14.8 Å². The molecule has 0 unspecified atom stereocenters. The van der Waals surface area contributed by atoms with Gasteiger partial charge in [-0.1, -0.05) is 36.0 Å². The van der Waals surface area contributed by atoms with Crippen molar-refractivity contribution in [2.45, 2.75) is 17.8 Å². The summed E-state index contributed by atoms with van der Waals surface area (Å²) in [7, 11) is 1.42. The summed E-state index contributed by atoms with van der Waals surface area (Å²) in [6.45, 7) is 1.89. The second kappa shape index (κ2) is 7.35. The van der Waals surface area contributed by atoms with Crippen LogP contribution in [0.25, 0.3) is 5.69 Å². The second-order valence-corrected chi connectivity index (χ2v) is 6.20. The van der Waals surface area contributed by atoms with E-state index in [-0.39, 0.29) is 11.4 Å². The van der Waals surface area contributed by atoms with Gasteiger partial charge < -0.3 is 4.74 Å².